The summed E-state index contributed by atoms with van der Waals surface area (Å²) in [4.78, 5) is 2.42. The topological polar surface area (TPSA) is 29.3 Å². The molecule has 0 amide bonds. The van der Waals surface area contributed by atoms with Crippen molar-refractivity contribution < 1.29 is 0 Å². The number of benzene rings is 1. The molecule has 0 bridgehead atoms. The van der Waals surface area contributed by atoms with Gasteiger partial charge in [0.15, 0.2) is 0 Å². The van der Waals surface area contributed by atoms with E-state index in [2.05, 4.69) is 41.3 Å². The molecular weight excluding hydrogens is 196 g/mol. The smallest absolute Gasteiger partial charge is 0.0168 e. The van der Waals surface area contributed by atoms with Crippen molar-refractivity contribution >= 4 is 6.08 Å². The molecule has 0 aromatic heterocycles. The summed E-state index contributed by atoms with van der Waals surface area (Å²) in [6.07, 6.45) is 6.83. The van der Waals surface area contributed by atoms with Crippen LogP contribution in [0.2, 0.25) is 0 Å². The Bertz CT molecular complexity index is 332. The van der Waals surface area contributed by atoms with Gasteiger partial charge >= 0.3 is 0 Å². The number of rotatable bonds is 3. The summed E-state index contributed by atoms with van der Waals surface area (Å²) in [5.74, 6) is 0. The average molecular weight is 216 g/mol. The number of hydrogen-bond donors (Lipinski definition) is 1. The first-order chi connectivity index (χ1) is 7.84. The van der Waals surface area contributed by atoms with Gasteiger partial charge in [-0.15, -0.1) is 0 Å². The molecule has 1 saturated heterocycles. The molecule has 1 fully saturated rings. The zero-order valence-electron chi connectivity index (χ0n) is 9.68. The largest absolute Gasteiger partial charge is 0.327 e. The summed E-state index contributed by atoms with van der Waals surface area (Å²) in [5, 5.41) is 0. The molecule has 1 atom stereocenters. The molecule has 0 aliphatic carbocycles. The van der Waals surface area contributed by atoms with Gasteiger partial charge in [0, 0.05) is 19.1 Å². The van der Waals surface area contributed by atoms with E-state index in [0.29, 0.717) is 6.04 Å². The number of likely N-dealkylation sites (tertiary alicyclic amines) is 1. The SMILES string of the molecule is N[C@H]1CCCN(C/C=C/c2ccccc2)C1. The van der Waals surface area contributed by atoms with Crippen molar-refractivity contribution in [1.82, 2.24) is 4.90 Å². The van der Waals surface area contributed by atoms with E-state index in [1.54, 1.807) is 0 Å². The highest BCUT2D eigenvalue weighted by molar-refractivity contribution is 5.48. The van der Waals surface area contributed by atoms with E-state index in [1.807, 2.05) is 6.07 Å². The maximum absolute atomic E-state index is 5.94. The van der Waals surface area contributed by atoms with Gasteiger partial charge in [0.2, 0.25) is 0 Å². The predicted octanol–water partition coefficient (Wildman–Crippen LogP) is 2.12. The Kier molecular flexibility index (Phi) is 4.14. The fourth-order valence-electron chi connectivity index (χ4n) is 2.16. The summed E-state index contributed by atoms with van der Waals surface area (Å²) >= 11 is 0. The molecule has 1 aliphatic rings. The molecule has 0 saturated carbocycles. The standard InChI is InChI=1S/C14H20N2/c15-14-9-5-11-16(12-14)10-4-8-13-6-2-1-3-7-13/h1-4,6-8,14H,5,9-12,15H2/b8-4+/t14-/m0/s1. The molecule has 2 heteroatoms. The van der Waals surface area contributed by atoms with Crippen molar-refractivity contribution in [2.24, 2.45) is 5.73 Å². The second-order valence-electron chi connectivity index (χ2n) is 4.47. The van der Waals surface area contributed by atoms with E-state index >= 15 is 0 Å². The maximum Gasteiger partial charge on any atom is 0.0168 e. The van der Waals surface area contributed by atoms with Crippen LogP contribution in [0.5, 0.6) is 0 Å². The van der Waals surface area contributed by atoms with Crippen molar-refractivity contribution in [3.05, 3.63) is 42.0 Å². The first kappa shape index (κ1) is 11.4. The van der Waals surface area contributed by atoms with Crippen LogP contribution in [0.3, 0.4) is 0 Å². The molecular formula is C14H20N2. The van der Waals surface area contributed by atoms with Crippen LogP contribution in [0.4, 0.5) is 0 Å². The second-order valence-corrected chi connectivity index (χ2v) is 4.47. The van der Waals surface area contributed by atoms with Gasteiger partial charge in [0.25, 0.3) is 0 Å². The lowest BCUT2D eigenvalue weighted by Crippen LogP contribution is -2.42. The molecule has 0 unspecified atom stereocenters. The quantitative estimate of drug-likeness (QED) is 0.838. The van der Waals surface area contributed by atoms with Crippen LogP contribution in [-0.4, -0.2) is 30.6 Å². The molecule has 1 aliphatic heterocycles. The van der Waals surface area contributed by atoms with E-state index in [0.717, 1.165) is 13.1 Å². The highest BCUT2D eigenvalue weighted by Gasteiger charge is 2.14. The molecule has 1 aromatic carbocycles. The van der Waals surface area contributed by atoms with E-state index < -0.39 is 0 Å². The van der Waals surface area contributed by atoms with Gasteiger partial charge in [0.1, 0.15) is 0 Å². The lowest BCUT2D eigenvalue weighted by molar-refractivity contribution is 0.229. The van der Waals surface area contributed by atoms with Crippen LogP contribution < -0.4 is 5.73 Å². The number of piperidine rings is 1. The second kappa shape index (κ2) is 5.83. The minimum absolute atomic E-state index is 0.374. The van der Waals surface area contributed by atoms with Crippen molar-refractivity contribution in [2.45, 2.75) is 18.9 Å². The number of hydrogen-bond acceptors (Lipinski definition) is 2. The first-order valence-corrected chi connectivity index (χ1v) is 6.04. The summed E-state index contributed by atoms with van der Waals surface area (Å²) in [7, 11) is 0. The summed E-state index contributed by atoms with van der Waals surface area (Å²) in [5.41, 5.74) is 7.21. The molecule has 86 valence electrons. The van der Waals surface area contributed by atoms with Crippen LogP contribution in [0.15, 0.2) is 36.4 Å². The molecule has 0 radical (unpaired) electrons. The molecule has 2 nitrogen and oxygen atoms in total. The Labute approximate surface area is 97.8 Å². The zero-order chi connectivity index (χ0) is 11.2. The Balaban J connectivity index is 1.80. The molecule has 2 N–H and O–H groups in total. The minimum Gasteiger partial charge on any atom is -0.327 e. The van der Waals surface area contributed by atoms with Crippen LogP contribution in [0.25, 0.3) is 6.08 Å². The van der Waals surface area contributed by atoms with Crippen molar-refractivity contribution in [3.63, 3.8) is 0 Å². The molecule has 1 heterocycles. The molecule has 0 spiro atoms. The van der Waals surface area contributed by atoms with E-state index in [1.165, 1.54) is 24.9 Å². The monoisotopic (exact) mass is 216 g/mol. The predicted molar refractivity (Wildman–Crippen MR) is 69.1 cm³/mol. The van der Waals surface area contributed by atoms with Gasteiger partial charge in [0.05, 0.1) is 0 Å². The average Bonchev–Trinajstić information content (AvgIpc) is 2.30. The summed E-state index contributed by atoms with van der Waals surface area (Å²) in [6, 6.07) is 10.8. The highest BCUT2D eigenvalue weighted by atomic mass is 15.1. The summed E-state index contributed by atoms with van der Waals surface area (Å²) < 4.78 is 0. The third-order valence-electron chi connectivity index (χ3n) is 3.02. The van der Waals surface area contributed by atoms with Crippen LogP contribution >= 0.6 is 0 Å². The van der Waals surface area contributed by atoms with E-state index in [9.17, 15) is 0 Å². The molecule has 16 heavy (non-hydrogen) atoms. The molecule has 1 aromatic rings. The number of nitrogens with zero attached hydrogens (tertiary/aromatic N) is 1. The van der Waals surface area contributed by atoms with Gasteiger partial charge in [-0.3, -0.25) is 4.90 Å². The van der Waals surface area contributed by atoms with E-state index in [-0.39, 0.29) is 0 Å². The fraction of sp³-hybridized carbons (Fsp3) is 0.429. The van der Waals surface area contributed by atoms with E-state index in [4.69, 9.17) is 5.73 Å². The van der Waals surface area contributed by atoms with Crippen molar-refractivity contribution in [1.29, 1.82) is 0 Å². The van der Waals surface area contributed by atoms with Gasteiger partial charge in [-0.25, -0.2) is 0 Å². The van der Waals surface area contributed by atoms with Gasteiger partial charge < -0.3 is 5.73 Å². The normalized spacial score (nSPS) is 22.7. The highest BCUT2D eigenvalue weighted by Crippen LogP contribution is 2.08. The van der Waals surface area contributed by atoms with Crippen molar-refractivity contribution in [3.8, 4) is 0 Å². The molecule has 2 rings (SSSR count). The van der Waals surface area contributed by atoms with Crippen LogP contribution in [0.1, 0.15) is 18.4 Å². The Hall–Kier alpha value is -1.12. The van der Waals surface area contributed by atoms with Gasteiger partial charge in [-0.05, 0) is 24.9 Å². The maximum atomic E-state index is 5.94. The zero-order valence-corrected chi connectivity index (χ0v) is 9.68. The summed E-state index contributed by atoms with van der Waals surface area (Å²) in [6.45, 7) is 3.24. The Morgan fingerprint density at radius 1 is 1.31 bits per heavy atom. The lowest BCUT2D eigenvalue weighted by atomic mass is 10.1. The third-order valence-corrected chi connectivity index (χ3v) is 3.02. The van der Waals surface area contributed by atoms with Crippen molar-refractivity contribution in [2.75, 3.05) is 19.6 Å². The third kappa shape index (κ3) is 3.47. The minimum atomic E-state index is 0.374. The Morgan fingerprint density at radius 2 is 2.12 bits per heavy atom. The fourth-order valence-corrected chi connectivity index (χ4v) is 2.16. The first-order valence-electron chi connectivity index (χ1n) is 6.04. The lowest BCUT2D eigenvalue weighted by Gasteiger charge is -2.29. The van der Waals surface area contributed by atoms with Crippen LogP contribution in [-0.2, 0) is 0 Å². The number of nitrogens with two attached hydrogens (primary N) is 1. The van der Waals surface area contributed by atoms with Gasteiger partial charge in [-0.2, -0.15) is 0 Å². The van der Waals surface area contributed by atoms with Crippen LogP contribution in [0, 0.1) is 0 Å². The van der Waals surface area contributed by atoms with Gasteiger partial charge in [-0.1, -0.05) is 42.5 Å². The Morgan fingerprint density at radius 3 is 2.88 bits per heavy atom.